The Morgan fingerprint density at radius 1 is 1.16 bits per heavy atom. The van der Waals surface area contributed by atoms with Crippen LogP contribution in [0.25, 0.3) is 0 Å². The Balaban J connectivity index is 1.62. The Morgan fingerprint density at radius 3 is 2.74 bits per heavy atom. The molecule has 0 aliphatic carbocycles. The van der Waals surface area contributed by atoms with Crippen LogP contribution < -0.4 is 4.74 Å². The SMILES string of the molecule is ClCC1CCN(CC2CCOc3ccccc32)CC1. The Kier molecular flexibility index (Phi) is 4.29. The predicted molar refractivity (Wildman–Crippen MR) is 79.2 cm³/mol. The second kappa shape index (κ2) is 6.15. The van der Waals surface area contributed by atoms with Crippen LogP contribution in [0.5, 0.6) is 5.75 Å². The highest BCUT2D eigenvalue weighted by Crippen LogP contribution is 2.34. The van der Waals surface area contributed by atoms with E-state index in [4.69, 9.17) is 16.3 Å². The quantitative estimate of drug-likeness (QED) is 0.785. The van der Waals surface area contributed by atoms with Gasteiger partial charge in [-0.25, -0.2) is 0 Å². The van der Waals surface area contributed by atoms with E-state index in [0.29, 0.717) is 5.92 Å². The van der Waals surface area contributed by atoms with Crippen LogP contribution >= 0.6 is 11.6 Å². The van der Waals surface area contributed by atoms with Gasteiger partial charge in [-0.05, 0) is 49.9 Å². The highest BCUT2D eigenvalue weighted by atomic mass is 35.5. The molecule has 3 rings (SSSR count). The molecule has 0 N–H and O–H groups in total. The lowest BCUT2D eigenvalue weighted by atomic mass is 9.91. The van der Waals surface area contributed by atoms with Crippen LogP contribution in [-0.2, 0) is 0 Å². The van der Waals surface area contributed by atoms with E-state index < -0.39 is 0 Å². The molecule has 0 bridgehead atoms. The van der Waals surface area contributed by atoms with Crippen molar-refractivity contribution >= 4 is 11.6 Å². The minimum Gasteiger partial charge on any atom is -0.493 e. The number of para-hydroxylation sites is 1. The van der Waals surface area contributed by atoms with E-state index in [1.54, 1.807) is 0 Å². The highest BCUT2D eigenvalue weighted by molar-refractivity contribution is 6.18. The summed E-state index contributed by atoms with van der Waals surface area (Å²) in [5.41, 5.74) is 1.40. The van der Waals surface area contributed by atoms with Gasteiger partial charge in [0.2, 0.25) is 0 Å². The number of nitrogens with zero attached hydrogens (tertiary/aromatic N) is 1. The van der Waals surface area contributed by atoms with Crippen molar-refractivity contribution in [2.75, 3.05) is 32.1 Å². The van der Waals surface area contributed by atoms with Gasteiger partial charge in [0.05, 0.1) is 6.61 Å². The van der Waals surface area contributed by atoms with Gasteiger partial charge >= 0.3 is 0 Å². The maximum Gasteiger partial charge on any atom is 0.122 e. The average Bonchev–Trinajstić information content (AvgIpc) is 2.48. The molecule has 2 heterocycles. The summed E-state index contributed by atoms with van der Waals surface area (Å²) >= 11 is 5.95. The molecule has 19 heavy (non-hydrogen) atoms. The number of rotatable bonds is 3. The zero-order valence-corrected chi connectivity index (χ0v) is 12.1. The van der Waals surface area contributed by atoms with Crippen LogP contribution in [0.2, 0.25) is 0 Å². The summed E-state index contributed by atoms with van der Waals surface area (Å²) in [4.78, 5) is 2.61. The lowest BCUT2D eigenvalue weighted by molar-refractivity contribution is 0.166. The van der Waals surface area contributed by atoms with Crippen LogP contribution in [0.1, 0.15) is 30.7 Å². The summed E-state index contributed by atoms with van der Waals surface area (Å²) in [6, 6.07) is 8.51. The minimum absolute atomic E-state index is 0.637. The Hall–Kier alpha value is -0.730. The third-order valence-corrected chi connectivity index (χ3v) is 4.92. The second-order valence-corrected chi connectivity index (χ2v) is 6.08. The van der Waals surface area contributed by atoms with Gasteiger partial charge in [0.15, 0.2) is 0 Å². The molecule has 0 radical (unpaired) electrons. The summed E-state index contributed by atoms with van der Waals surface area (Å²) in [7, 11) is 0. The maximum absolute atomic E-state index is 5.95. The van der Waals surface area contributed by atoms with Gasteiger partial charge in [-0.15, -0.1) is 11.6 Å². The number of piperidine rings is 1. The molecule has 0 saturated carbocycles. The van der Waals surface area contributed by atoms with Crippen molar-refractivity contribution in [1.29, 1.82) is 0 Å². The van der Waals surface area contributed by atoms with Gasteiger partial charge in [-0.2, -0.15) is 0 Å². The Labute approximate surface area is 120 Å². The fourth-order valence-electron chi connectivity index (χ4n) is 3.24. The molecule has 1 saturated heterocycles. The number of likely N-dealkylation sites (tertiary alicyclic amines) is 1. The second-order valence-electron chi connectivity index (χ2n) is 5.77. The van der Waals surface area contributed by atoms with Crippen LogP contribution in [0.3, 0.4) is 0 Å². The van der Waals surface area contributed by atoms with Gasteiger partial charge in [-0.3, -0.25) is 0 Å². The topological polar surface area (TPSA) is 12.5 Å². The van der Waals surface area contributed by atoms with Crippen molar-refractivity contribution < 1.29 is 4.74 Å². The van der Waals surface area contributed by atoms with E-state index in [2.05, 4.69) is 29.2 Å². The molecule has 1 atom stereocenters. The first-order valence-corrected chi connectivity index (χ1v) is 7.90. The summed E-state index contributed by atoms with van der Waals surface area (Å²) in [5.74, 6) is 3.29. The monoisotopic (exact) mass is 279 g/mol. The number of alkyl halides is 1. The summed E-state index contributed by atoms with van der Waals surface area (Å²) in [6.45, 7) is 4.45. The normalized spacial score (nSPS) is 24.8. The van der Waals surface area contributed by atoms with Crippen molar-refractivity contribution in [3.8, 4) is 5.75 Å². The van der Waals surface area contributed by atoms with E-state index in [1.165, 1.54) is 38.0 Å². The number of ether oxygens (including phenoxy) is 1. The first-order valence-electron chi connectivity index (χ1n) is 7.37. The molecule has 0 spiro atoms. The lowest BCUT2D eigenvalue weighted by Gasteiger charge is -2.35. The van der Waals surface area contributed by atoms with Gasteiger partial charge in [0.25, 0.3) is 0 Å². The molecule has 2 nitrogen and oxygen atoms in total. The molecule has 1 unspecified atom stereocenters. The molecular weight excluding hydrogens is 258 g/mol. The van der Waals surface area contributed by atoms with Crippen molar-refractivity contribution in [3.63, 3.8) is 0 Å². The molecule has 1 aromatic carbocycles. The van der Waals surface area contributed by atoms with Crippen molar-refractivity contribution in [3.05, 3.63) is 29.8 Å². The van der Waals surface area contributed by atoms with Gasteiger partial charge in [0, 0.05) is 18.3 Å². The summed E-state index contributed by atoms with van der Waals surface area (Å²) < 4.78 is 5.74. The number of halogens is 1. The van der Waals surface area contributed by atoms with Crippen LogP contribution in [0.15, 0.2) is 24.3 Å². The number of hydrogen-bond donors (Lipinski definition) is 0. The maximum atomic E-state index is 5.95. The largest absolute Gasteiger partial charge is 0.493 e. The van der Waals surface area contributed by atoms with Gasteiger partial charge in [-0.1, -0.05) is 18.2 Å². The first-order chi connectivity index (χ1) is 9.36. The van der Waals surface area contributed by atoms with Crippen molar-refractivity contribution in [2.24, 2.45) is 5.92 Å². The van der Waals surface area contributed by atoms with E-state index in [0.717, 1.165) is 30.6 Å². The molecule has 0 aromatic heterocycles. The third kappa shape index (κ3) is 3.06. The average molecular weight is 280 g/mol. The molecule has 2 aliphatic heterocycles. The van der Waals surface area contributed by atoms with E-state index in [9.17, 15) is 0 Å². The third-order valence-electron chi connectivity index (χ3n) is 4.49. The van der Waals surface area contributed by atoms with Crippen LogP contribution in [-0.4, -0.2) is 37.0 Å². The predicted octanol–water partition coefficient (Wildman–Crippen LogP) is 3.50. The fraction of sp³-hybridized carbons (Fsp3) is 0.625. The smallest absolute Gasteiger partial charge is 0.122 e. The number of benzene rings is 1. The zero-order chi connectivity index (χ0) is 13.1. The van der Waals surface area contributed by atoms with Gasteiger partial charge < -0.3 is 9.64 Å². The molecule has 104 valence electrons. The Morgan fingerprint density at radius 2 is 1.95 bits per heavy atom. The van der Waals surface area contributed by atoms with Crippen LogP contribution in [0.4, 0.5) is 0 Å². The standard InChI is InChI=1S/C16H22ClNO/c17-11-13-5-8-18(9-6-13)12-14-7-10-19-16-4-2-1-3-15(14)16/h1-4,13-14H,5-12H2. The molecule has 0 amide bonds. The summed E-state index contributed by atoms with van der Waals surface area (Å²) in [6.07, 6.45) is 3.66. The van der Waals surface area contributed by atoms with E-state index in [-0.39, 0.29) is 0 Å². The summed E-state index contributed by atoms with van der Waals surface area (Å²) in [5, 5.41) is 0. The Bertz CT molecular complexity index is 415. The van der Waals surface area contributed by atoms with Crippen molar-refractivity contribution in [1.82, 2.24) is 4.90 Å². The molecule has 3 heteroatoms. The van der Waals surface area contributed by atoms with Gasteiger partial charge in [0.1, 0.15) is 5.75 Å². The first kappa shape index (κ1) is 13.3. The van der Waals surface area contributed by atoms with E-state index in [1.807, 2.05) is 0 Å². The number of fused-ring (bicyclic) bond motifs is 1. The van der Waals surface area contributed by atoms with Crippen molar-refractivity contribution in [2.45, 2.75) is 25.2 Å². The molecule has 1 aromatic rings. The minimum atomic E-state index is 0.637. The zero-order valence-electron chi connectivity index (χ0n) is 11.4. The molecule has 1 fully saturated rings. The van der Waals surface area contributed by atoms with Crippen LogP contribution in [0, 0.1) is 5.92 Å². The highest BCUT2D eigenvalue weighted by Gasteiger charge is 2.25. The molecule has 2 aliphatic rings. The fourth-order valence-corrected chi connectivity index (χ4v) is 3.55. The lowest BCUT2D eigenvalue weighted by Crippen LogP contribution is -2.37. The molecular formula is C16H22ClNO. The van der Waals surface area contributed by atoms with E-state index >= 15 is 0 Å². The number of hydrogen-bond acceptors (Lipinski definition) is 2.